The number of carbonyl (C=O) groups excluding carboxylic acids is 3. The van der Waals surface area contributed by atoms with Gasteiger partial charge in [-0.3, -0.25) is 24.2 Å². The molecule has 8 nitrogen and oxygen atoms in total. The van der Waals surface area contributed by atoms with Gasteiger partial charge in [-0.15, -0.1) is 0 Å². The Balaban J connectivity index is 1.26. The van der Waals surface area contributed by atoms with Crippen molar-refractivity contribution in [3.63, 3.8) is 0 Å². The highest BCUT2D eigenvalue weighted by atomic mass is 35.5. The third-order valence-corrected chi connectivity index (χ3v) is 6.34. The van der Waals surface area contributed by atoms with E-state index in [4.69, 9.17) is 16.3 Å². The molecule has 0 saturated carbocycles. The fraction of sp³-hybridized carbons (Fsp3) is 0.250. The number of ketones is 1. The van der Waals surface area contributed by atoms with Crippen LogP contribution in [0.2, 0.25) is 5.02 Å². The number of rotatable bonds is 9. The maximum Gasteiger partial charge on any atom is 0.238 e. The normalized spacial score (nSPS) is 14.1. The Morgan fingerprint density at radius 3 is 2.00 bits per heavy atom. The molecule has 1 aliphatic heterocycles. The molecule has 1 aliphatic rings. The van der Waals surface area contributed by atoms with Crippen LogP contribution in [0.4, 0.5) is 11.4 Å². The van der Waals surface area contributed by atoms with Crippen molar-refractivity contribution in [3.8, 4) is 5.75 Å². The summed E-state index contributed by atoms with van der Waals surface area (Å²) >= 11 is 6.14. The second kappa shape index (κ2) is 12.5. The van der Waals surface area contributed by atoms with Crippen LogP contribution < -0.4 is 15.4 Å². The number of amides is 2. The number of nitrogens with one attached hydrogen (secondary N) is 2. The summed E-state index contributed by atoms with van der Waals surface area (Å²) in [6.45, 7) is 3.11. The Bertz CT molecular complexity index is 1240. The van der Waals surface area contributed by atoms with Crippen molar-refractivity contribution in [1.82, 2.24) is 9.80 Å². The van der Waals surface area contributed by atoms with Gasteiger partial charge in [0, 0.05) is 48.0 Å². The van der Waals surface area contributed by atoms with Gasteiger partial charge < -0.3 is 15.4 Å². The number of nitrogens with zero attached hydrogens (tertiary/aromatic N) is 2. The van der Waals surface area contributed by atoms with E-state index in [9.17, 15) is 14.4 Å². The largest absolute Gasteiger partial charge is 0.497 e. The van der Waals surface area contributed by atoms with Gasteiger partial charge in [-0.1, -0.05) is 41.9 Å². The monoisotopic (exact) mass is 520 g/mol. The smallest absolute Gasteiger partial charge is 0.238 e. The second-order valence-corrected chi connectivity index (χ2v) is 9.20. The van der Waals surface area contributed by atoms with Crippen molar-refractivity contribution in [2.45, 2.75) is 0 Å². The summed E-state index contributed by atoms with van der Waals surface area (Å²) in [5.41, 5.74) is 2.01. The van der Waals surface area contributed by atoms with Gasteiger partial charge >= 0.3 is 0 Å². The van der Waals surface area contributed by atoms with Gasteiger partial charge in [0.2, 0.25) is 11.8 Å². The van der Waals surface area contributed by atoms with Crippen LogP contribution in [0.15, 0.2) is 72.8 Å². The average molecular weight is 521 g/mol. The molecule has 1 heterocycles. The summed E-state index contributed by atoms with van der Waals surface area (Å²) < 4.78 is 5.13. The number of hydrogen-bond acceptors (Lipinski definition) is 6. The van der Waals surface area contributed by atoms with Crippen molar-refractivity contribution in [2.24, 2.45) is 0 Å². The van der Waals surface area contributed by atoms with E-state index >= 15 is 0 Å². The number of ether oxygens (including phenoxy) is 1. The van der Waals surface area contributed by atoms with E-state index in [1.54, 1.807) is 73.8 Å². The highest BCUT2D eigenvalue weighted by molar-refractivity contribution is 6.31. The summed E-state index contributed by atoms with van der Waals surface area (Å²) in [5.74, 6) is 0.220. The number of halogens is 1. The Hall–Kier alpha value is -3.72. The Labute approximate surface area is 221 Å². The zero-order chi connectivity index (χ0) is 26.2. The zero-order valence-electron chi connectivity index (χ0n) is 20.6. The first-order valence-corrected chi connectivity index (χ1v) is 12.4. The lowest BCUT2D eigenvalue weighted by atomic mass is 10.0. The number of benzene rings is 3. The SMILES string of the molecule is COc1ccc(NC(=O)CN2CCN(CC(=O)Nc3ccc(Cl)cc3C(=O)c3ccccc3)CC2)cc1. The van der Waals surface area contributed by atoms with Crippen molar-refractivity contribution >= 4 is 40.6 Å². The van der Waals surface area contributed by atoms with E-state index in [1.165, 1.54) is 0 Å². The molecule has 4 rings (SSSR count). The van der Waals surface area contributed by atoms with Crippen LogP contribution in [0, 0.1) is 0 Å². The molecule has 37 heavy (non-hydrogen) atoms. The van der Waals surface area contributed by atoms with Gasteiger partial charge in [-0.05, 0) is 42.5 Å². The van der Waals surface area contributed by atoms with Crippen molar-refractivity contribution in [1.29, 1.82) is 0 Å². The molecule has 2 amide bonds. The van der Waals surface area contributed by atoms with E-state index < -0.39 is 0 Å². The number of anilines is 2. The molecule has 1 fully saturated rings. The van der Waals surface area contributed by atoms with Crippen molar-refractivity contribution in [2.75, 3.05) is 57.0 Å². The van der Waals surface area contributed by atoms with Gasteiger partial charge in [0.05, 0.1) is 25.9 Å². The predicted octanol–water partition coefficient (Wildman–Crippen LogP) is 3.77. The molecule has 0 atom stereocenters. The molecule has 2 N–H and O–H groups in total. The van der Waals surface area contributed by atoms with E-state index in [0.717, 1.165) is 5.75 Å². The third-order valence-electron chi connectivity index (χ3n) is 6.11. The van der Waals surface area contributed by atoms with Gasteiger partial charge in [0.1, 0.15) is 5.75 Å². The average Bonchev–Trinajstić information content (AvgIpc) is 2.91. The molecule has 0 spiro atoms. The fourth-order valence-electron chi connectivity index (χ4n) is 4.13. The maximum atomic E-state index is 13.0. The van der Waals surface area contributed by atoms with E-state index in [-0.39, 0.29) is 30.7 Å². The molecule has 0 unspecified atom stereocenters. The number of methoxy groups -OCH3 is 1. The molecule has 0 radical (unpaired) electrons. The molecule has 0 aromatic heterocycles. The lowest BCUT2D eigenvalue weighted by Crippen LogP contribution is -2.50. The molecule has 192 valence electrons. The standard InChI is InChI=1S/C28H29ClN4O4/c1-37-23-10-8-22(9-11-23)30-26(34)18-32-13-15-33(16-14-32)19-27(35)31-25-12-7-21(29)17-24(25)28(36)20-5-3-2-4-6-20/h2-12,17H,13-16,18-19H2,1H3,(H,30,34)(H,31,35). The first-order chi connectivity index (χ1) is 17.9. The summed E-state index contributed by atoms with van der Waals surface area (Å²) in [4.78, 5) is 42.3. The molecule has 0 aliphatic carbocycles. The number of carbonyl (C=O) groups is 3. The van der Waals surface area contributed by atoms with Crippen LogP contribution in [-0.2, 0) is 9.59 Å². The minimum Gasteiger partial charge on any atom is -0.497 e. The first-order valence-electron chi connectivity index (χ1n) is 12.0. The number of hydrogen-bond donors (Lipinski definition) is 2. The molecule has 3 aromatic rings. The maximum absolute atomic E-state index is 13.0. The Kier molecular flexibility index (Phi) is 8.90. The first kappa shape index (κ1) is 26.3. The van der Waals surface area contributed by atoms with E-state index in [0.29, 0.717) is 53.7 Å². The van der Waals surface area contributed by atoms with Crippen LogP contribution in [-0.4, -0.2) is 73.8 Å². The van der Waals surface area contributed by atoms with Crippen molar-refractivity contribution < 1.29 is 19.1 Å². The topological polar surface area (TPSA) is 91.0 Å². The lowest BCUT2D eigenvalue weighted by Gasteiger charge is -2.33. The molecule has 3 aromatic carbocycles. The quantitative estimate of drug-likeness (QED) is 0.417. The predicted molar refractivity (Wildman–Crippen MR) is 144 cm³/mol. The van der Waals surface area contributed by atoms with Gasteiger partial charge in [0.15, 0.2) is 5.78 Å². The summed E-state index contributed by atoms with van der Waals surface area (Å²) in [6.07, 6.45) is 0. The molecule has 0 bridgehead atoms. The van der Waals surface area contributed by atoms with E-state index in [2.05, 4.69) is 15.5 Å². The molecular formula is C28H29ClN4O4. The summed E-state index contributed by atoms with van der Waals surface area (Å²) in [6, 6.07) is 20.9. The Morgan fingerprint density at radius 1 is 0.811 bits per heavy atom. The van der Waals surface area contributed by atoms with Crippen LogP contribution in [0.5, 0.6) is 5.75 Å². The molecule has 9 heteroatoms. The Morgan fingerprint density at radius 2 is 1.41 bits per heavy atom. The minimum atomic E-state index is -0.213. The van der Waals surface area contributed by atoms with Crippen LogP contribution in [0.25, 0.3) is 0 Å². The zero-order valence-corrected chi connectivity index (χ0v) is 21.3. The molecular weight excluding hydrogens is 492 g/mol. The van der Waals surface area contributed by atoms with E-state index in [1.807, 2.05) is 11.0 Å². The van der Waals surface area contributed by atoms with Crippen molar-refractivity contribution in [3.05, 3.63) is 88.9 Å². The molecule has 1 saturated heterocycles. The second-order valence-electron chi connectivity index (χ2n) is 8.76. The summed E-state index contributed by atoms with van der Waals surface area (Å²) in [5, 5.41) is 6.18. The van der Waals surface area contributed by atoms with Gasteiger partial charge in [-0.2, -0.15) is 0 Å². The van der Waals surface area contributed by atoms with Gasteiger partial charge in [-0.25, -0.2) is 0 Å². The van der Waals surface area contributed by atoms with Crippen LogP contribution >= 0.6 is 11.6 Å². The highest BCUT2D eigenvalue weighted by Crippen LogP contribution is 2.24. The third kappa shape index (κ3) is 7.39. The number of piperazine rings is 1. The lowest BCUT2D eigenvalue weighted by molar-refractivity contribution is -0.120. The van der Waals surface area contributed by atoms with Crippen LogP contribution in [0.1, 0.15) is 15.9 Å². The fourth-order valence-corrected chi connectivity index (χ4v) is 4.31. The highest BCUT2D eigenvalue weighted by Gasteiger charge is 2.22. The minimum absolute atomic E-state index is 0.0882. The van der Waals surface area contributed by atoms with Gasteiger partial charge in [0.25, 0.3) is 0 Å². The van der Waals surface area contributed by atoms with Crippen LogP contribution in [0.3, 0.4) is 0 Å². The summed E-state index contributed by atoms with van der Waals surface area (Å²) in [7, 11) is 1.60.